The summed E-state index contributed by atoms with van der Waals surface area (Å²) in [6.07, 6.45) is 0.801. The summed E-state index contributed by atoms with van der Waals surface area (Å²) in [4.78, 5) is 11.9. The fourth-order valence-corrected chi connectivity index (χ4v) is 1.92. The summed E-state index contributed by atoms with van der Waals surface area (Å²) in [5.41, 5.74) is 7.79. The zero-order valence-electron chi connectivity index (χ0n) is 10.4. The molecule has 98 valence electrons. The third kappa shape index (κ3) is 3.73. The minimum Gasteiger partial charge on any atom is -0.398 e. The quantitative estimate of drug-likeness (QED) is 0.843. The highest BCUT2D eigenvalue weighted by Crippen LogP contribution is 2.19. The first-order valence-electron chi connectivity index (χ1n) is 6.04. The molecule has 0 fully saturated rings. The summed E-state index contributed by atoms with van der Waals surface area (Å²) in [7, 11) is 0. The second kappa shape index (κ2) is 6.25. The van der Waals surface area contributed by atoms with E-state index in [1.807, 2.05) is 30.3 Å². The van der Waals surface area contributed by atoms with Crippen LogP contribution in [0.3, 0.4) is 0 Å². The molecule has 0 aliphatic rings. The number of rotatable bonds is 4. The number of amides is 1. The van der Waals surface area contributed by atoms with Gasteiger partial charge >= 0.3 is 0 Å². The molecule has 0 aromatic heterocycles. The van der Waals surface area contributed by atoms with E-state index in [1.54, 1.807) is 18.2 Å². The van der Waals surface area contributed by atoms with E-state index in [9.17, 15) is 4.79 Å². The van der Waals surface area contributed by atoms with Crippen LogP contribution in [0.4, 0.5) is 5.69 Å². The van der Waals surface area contributed by atoms with Crippen molar-refractivity contribution in [1.29, 1.82) is 0 Å². The van der Waals surface area contributed by atoms with Crippen LogP contribution in [0.2, 0.25) is 5.02 Å². The van der Waals surface area contributed by atoms with Gasteiger partial charge in [-0.3, -0.25) is 4.79 Å². The summed E-state index contributed by atoms with van der Waals surface area (Å²) < 4.78 is 0. The molecule has 0 atom stereocenters. The summed E-state index contributed by atoms with van der Waals surface area (Å²) in [5, 5.41) is 3.25. The highest BCUT2D eigenvalue weighted by molar-refractivity contribution is 6.33. The zero-order chi connectivity index (χ0) is 13.7. The van der Waals surface area contributed by atoms with Gasteiger partial charge in [-0.25, -0.2) is 0 Å². The van der Waals surface area contributed by atoms with E-state index in [-0.39, 0.29) is 5.91 Å². The van der Waals surface area contributed by atoms with Crippen LogP contribution in [0.15, 0.2) is 48.5 Å². The molecule has 0 radical (unpaired) electrons. The third-order valence-electron chi connectivity index (χ3n) is 2.80. The maximum atomic E-state index is 11.9. The van der Waals surface area contributed by atoms with Gasteiger partial charge in [-0.2, -0.15) is 0 Å². The Morgan fingerprint density at radius 1 is 1.16 bits per heavy atom. The number of nitrogens with one attached hydrogen (secondary N) is 1. The SMILES string of the molecule is Nc1ccc(C(=O)NCCc2ccccc2)cc1Cl. The smallest absolute Gasteiger partial charge is 0.251 e. The van der Waals surface area contributed by atoms with Gasteiger partial charge in [0, 0.05) is 12.1 Å². The van der Waals surface area contributed by atoms with E-state index < -0.39 is 0 Å². The van der Waals surface area contributed by atoms with Gasteiger partial charge in [0.05, 0.1) is 10.7 Å². The number of anilines is 1. The summed E-state index contributed by atoms with van der Waals surface area (Å²) >= 11 is 5.88. The van der Waals surface area contributed by atoms with Crippen LogP contribution < -0.4 is 11.1 Å². The first-order valence-corrected chi connectivity index (χ1v) is 6.42. The molecule has 2 aromatic carbocycles. The highest BCUT2D eigenvalue weighted by atomic mass is 35.5. The molecule has 0 heterocycles. The van der Waals surface area contributed by atoms with Gasteiger partial charge in [0.2, 0.25) is 0 Å². The summed E-state index contributed by atoms with van der Waals surface area (Å²) in [6.45, 7) is 0.588. The van der Waals surface area contributed by atoms with E-state index in [2.05, 4.69) is 5.32 Å². The van der Waals surface area contributed by atoms with Crippen molar-refractivity contribution in [2.45, 2.75) is 6.42 Å². The van der Waals surface area contributed by atoms with Crippen LogP contribution >= 0.6 is 11.6 Å². The Hall–Kier alpha value is -2.00. The number of carbonyl (C=O) groups excluding carboxylic acids is 1. The van der Waals surface area contributed by atoms with E-state index in [0.717, 1.165) is 6.42 Å². The van der Waals surface area contributed by atoms with Gasteiger partial charge in [0.25, 0.3) is 5.91 Å². The van der Waals surface area contributed by atoms with Crippen molar-refractivity contribution >= 4 is 23.2 Å². The highest BCUT2D eigenvalue weighted by Gasteiger charge is 2.06. The Morgan fingerprint density at radius 2 is 1.89 bits per heavy atom. The van der Waals surface area contributed by atoms with E-state index in [1.165, 1.54) is 5.56 Å². The number of nitrogens with two attached hydrogens (primary N) is 1. The maximum Gasteiger partial charge on any atom is 0.251 e. The third-order valence-corrected chi connectivity index (χ3v) is 3.13. The average Bonchev–Trinajstić information content (AvgIpc) is 2.43. The molecule has 3 N–H and O–H groups in total. The molecular weight excluding hydrogens is 260 g/mol. The van der Waals surface area contributed by atoms with E-state index in [4.69, 9.17) is 17.3 Å². The van der Waals surface area contributed by atoms with Crippen LogP contribution in [-0.2, 0) is 6.42 Å². The lowest BCUT2D eigenvalue weighted by molar-refractivity contribution is 0.0954. The zero-order valence-corrected chi connectivity index (χ0v) is 11.2. The van der Waals surface area contributed by atoms with Crippen LogP contribution in [0.1, 0.15) is 15.9 Å². The molecule has 0 aliphatic carbocycles. The van der Waals surface area contributed by atoms with Crippen molar-refractivity contribution < 1.29 is 4.79 Å². The van der Waals surface area contributed by atoms with Gasteiger partial charge in [0.1, 0.15) is 0 Å². The average molecular weight is 275 g/mol. The number of halogens is 1. The lowest BCUT2D eigenvalue weighted by Gasteiger charge is -2.06. The van der Waals surface area contributed by atoms with Gasteiger partial charge in [-0.1, -0.05) is 41.9 Å². The molecule has 0 saturated carbocycles. The molecule has 0 bridgehead atoms. The number of nitrogen functional groups attached to an aromatic ring is 1. The van der Waals surface area contributed by atoms with Gasteiger partial charge in [-0.15, -0.1) is 0 Å². The van der Waals surface area contributed by atoms with Crippen LogP contribution in [0.25, 0.3) is 0 Å². The second-order valence-electron chi connectivity index (χ2n) is 4.23. The fraction of sp³-hybridized carbons (Fsp3) is 0.133. The summed E-state index contributed by atoms with van der Waals surface area (Å²) in [5.74, 6) is -0.141. The Balaban J connectivity index is 1.89. The van der Waals surface area contributed by atoms with E-state index in [0.29, 0.717) is 22.8 Å². The predicted molar refractivity (Wildman–Crippen MR) is 78.3 cm³/mol. The molecular formula is C15H15ClN2O. The molecule has 2 aromatic rings. The van der Waals surface area contributed by atoms with Crippen molar-refractivity contribution in [3.63, 3.8) is 0 Å². The van der Waals surface area contributed by atoms with Gasteiger partial charge in [0.15, 0.2) is 0 Å². The molecule has 2 rings (SSSR count). The van der Waals surface area contributed by atoms with Crippen molar-refractivity contribution in [2.24, 2.45) is 0 Å². The van der Waals surface area contributed by atoms with Crippen molar-refractivity contribution in [3.05, 3.63) is 64.7 Å². The summed E-state index contributed by atoms with van der Waals surface area (Å²) in [6, 6.07) is 14.9. The Morgan fingerprint density at radius 3 is 2.58 bits per heavy atom. The largest absolute Gasteiger partial charge is 0.398 e. The minimum atomic E-state index is -0.141. The first-order chi connectivity index (χ1) is 9.16. The normalized spacial score (nSPS) is 10.2. The van der Waals surface area contributed by atoms with Gasteiger partial charge in [-0.05, 0) is 30.2 Å². The number of hydrogen-bond acceptors (Lipinski definition) is 2. The molecule has 19 heavy (non-hydrogen) atoms. The van der Waals surface area contributed by atoms with Crippen LogP contribution in [-0.4, -0.2) is 12.5 Å². The Labute approximate surface area is 117 Å². The molecule has 0 aliphatic heterocycles. The lowest BCUT2D eigenvalue weighted by Crippen LogP contribution is -2.25. The number of benzene rings is 2. The Kier molecular flexibility index (Phi) is 4.42. The monoisotopic (exact) mass is 274 g/mol. The number of hydrogen-bond donors (Lipinski definition) is 2. The standard InChI is InChI=1S/C15H15ClN2O/c16-13-10-12(6-7-14(13)17)15(19)18-9-8-11-4-2-1-3-5-11/h1-7,10H,8-9,17H2,(H,18,19). The second-order valence-corrected chi connectivity index (χ2v) is 4.63. The predicted octanol–water partition coefficient (Wildman–Crippen LogP) is 2.89. The minimum absolute atomic E-state index is 0.141. The van der Waals surface area contributed by atoms with Crippen LogP contribution in [0.5, 0.6) is 0 Å². The topological polar surface area (TPSA) is 55.1 Å². The Bertz CT molecular complexity index is 570. The lowest BCUT2D eigenvalue weighted by atomic mass is 10.1. The first kappa shape index (κ1) is 13.4. The molecule has 3 nitrogen and oxygen atoms in total. The number of carbonyl (C=O) groups is 1. The fourth-order valence-electron chi connectivity index (χ4n) is 1.74. The molecule has 0 saturated heterocycles. The maximum absolute atomic E-state index is 11.9. The molecule has 0 unspecified atom stereocenters. The molecule has 0 spiro atoms. The van der Waals surface area contributed by atoms with Crippen LogP contribution in [0, 0.1) is 0 Å². The van der Waals surface area contributed by atoms with Crippen molar-refractivity contribution in [3.8, 4) is 0 Å². The van der Waals surface area contributed by atoms with E-state index >= 15 is 0 Å². The van der Waals surface area contributed by atoms with Gasteiger partial charge < -0.3 is 11.1 Å². The van der Waals surface area contributed by atoms with Crippen molar-refractivity contribution in [2.75, 3.05) is 12.3 Å². The van der Waals surface area contributed by atoms with Crippen molar-refractivity contribution in [1.82, 2.24) is 5.32 Å². The molecule has 4 heteroatoms. The molecule has 1 amide bonds.